The third kappa shape index (κ3) is 5.92. The Hall–Kier alpha value is -0.0800. The fraction of sp³-hybridized carbons (Fsp3) is 1.00. The fourth-order valence-corrected chi connectivity index (χ4v) is 0.384. The molecular weight excluding hydrogens is 104 g/mol. The van der Waals surface area contributed by atoms with Crippen LogP contribution in [0.2, 0.25) is 0 Å². The maximum Gasteiger partial charge on any atom is 0.0697 e. The summed E-state index contributed by atoms with van der Waals surface area (Å²) < 4.78 is 4.99. The maximum absolute atomic E-state index is 8.25. The van der Waals surface area contributed by atoms with Crippen molar-refractivity contribution in [1.29, 1.82) is 0 Å². The van der Waals surface area contributed by atoms with Crippen molar-refractivity contribution in [3.63, 3.8) is 0 Å². The molecule has 2 nitrogen and oxygen atoms in total. The third-order valence-electron chi connectivity index (χ3n) is 0.687. The van der Waals surface area contributed by atoms with E-state index in [2.05, 4.69) is 13.8 Å². The number of hydrogen-bond donors (Lipinski definition) is 1. The molecule has 0 spiro atoms. The Balaban J connectivity index is 2.72. The van der Waals surface area contributed by atoms with Crippen molar-refractivity contribution in [3.8, 4) is 0 Å². The van der Waals surface area contributed by atoms with E-state index in [0.29, 0.717) is 12.5 Å². The number of aliphatic hydroxyl groups is 1. The van der Waals surface area contributed by atoms with E-state index in [9.17, 15) is 0 Å². The summed E-state index contributed by atoms with van der Waals surface area (Å²) in [6.07, 6.45) is 0. The molecule has 50 valence electrons. The topological polar surface area (TPSA) is 29.5 Å². The van der Waals surface area contributed by atoms with Gasteiger partial charge in [0.15, 0.2) is 0 Å². The third-order valence-corrected chi connectivity index (χ3v) is 0.687. The first-order valence-corrected chi connectivity index (χ1v) is 2.96. The molecule has 0 atom stereocenters. The quantitative estimate of drug-likeness (QED) is 0.549. The predicted molar refractivity (Wildman–Crippen MR) is 32.7 cm³/mol. The molecule has 0 aliphatic rings. The molecule has 0 unspecified atom stereocenters. The van der Waals surface area contributed by atoms with Crippen LogP contribution in [0.1, 0.15) is 13.8 Å². The van der Waals surface area contributed by atoms with E-state index in [-0.39, 0.29) is 6.61 Å². The summed E-state index contributed by atoms with van der Waals surface area (Å²) in [5.41, 5.74) is 0. The van der Waals surface area contributed by atoms with Crippen LogP contribution in [0.3, 0.4) is 0 Å². The Labute approximate surface area is 50.5 Å². The van der Waals surface area contributed by atoms with Gasteiger partial charge in [0.05, 0.1) is 13.2 Å². The number of aliphatic hydroxyl groups excluding tert-OH is 1. The Morgan fingerprint density at radius 2 is 2.12 bits per heavy atom. The van der Waals surface area contributed by atoms with Gasteiger partial charge in [-0.3, -0.25) is 0 Å². The van der Waals surface area contributed by atoms with Gasteiger partial charge >= 0.3 is 0 Å². The first-order valence-electron chi connectivity index (χ1n) is 2.96. The zero-order valence-corrected chi connectivity index (χ0v) is 5.55. The van der Waals surface area contributed by atoms with Gasteiger partial charge in [-0.1, -0.05) is 13.8 Å². The lowest BCUT2D eigenvalue weighted by Crippen LogP contribution is -2.05. The monoisotopic (exact) mass is 118 g/mol. The summed E-state index contributed by atoms with van der Waals surface area (Å²) in [5.74, 6) is 0.571. The molecule has 1 N–H and O–H groups in total. The Bertz CT molecular complexity index is 43.8. The van der Waals surface area contributed by atoms with E-state index < -0.39 is 0 Å². The summed E-state index contributed by atoms with van der Waals surface area (Å²) in [6, 6.07) is 0. The summed E-state index contributed by atoms with van der Waals surface area (Å²) in [4.78, 5) is 0. The predicted octanol–water partition coefficient (Wildman–Crippen LogP) is 0.651. The van der Waals surface area contributed by atoms with Crippen molar-refractivity contribution in [1.82, 2.24) is 0 Å². The summed E-state index contributed by atoms with van der Waals surface area (Å²) >= 11 is 0. The highest BCUT2D eigenvalue weighted by atomic mass is 16.5. The van der Waals surface area contributed by atoms with Gasteiger partial charge in [-0.25, -0.2) is 0 Å². The van der Waals surface area contributed by atoms with Crippen LogP contribution in [-0.4, -0.2) is 24.9 Å². The number of hydrogen-bond acceptors (Lipinski definition) is 2. The highest BCUT2D eigenvalue weighted by molar-refractivity contribution is 4.38. The number of ether oxygens (including phenoxy) is 1. The average Bonchev–Trinajstić information content (AvgIpc) is 1.66. The van der Waals surface area contributed by atoms with Crippen molar-refractivity contribution in [2.24, 2.45) is 5.92 Å². The zero-order valence-electron chi connectivity index (χ0n) is 5.55. The second-order valence-corrected chi connectivity index (χ2v) is 2.19. The van der Waals surface area contributed by atoms with Crippen molar-refractivity contribution >= 4 is 0 Å². The van der Waals surface area contributed by atoms with E-state index in [4.69, 9.17) is 9.84 Å². The second kappa shape index (κ2) is 5.06. The molecule has 0 amide bonds. The van der Waals surface area contributed by atoms with Crippen LogP contribution < -0.4 is 0 Å². The van der Waals surface area contributed by atoms with Gasteiger partial charge in [-0.2, -0.15) is 0 Å². The molecule has 2 heteroatoms. The second-order valence-electron chi connectivity index (χ2n) is 2.19. The van der Waals surface area contributed by atoms with Gasteiger partial charge in [0, 0.05) is 6.61 Å². The van der Waals surface area contributed by atoms with Gasteiger partial charge < -0.3 is 9.84 Å². The molecule has 0 bridgehead atoms. The lowest BCUT2D eigenvalue weighted by Gasteiger charge is -2.03. The Morgan fingerprint density at radius 1 is 1.50 bits per heavy atom. The SMILES string of the molecule is CC(C)COCCO. The van der Waals surface area contributed by atoms with Crippen LogP contribution in [0, 0.1) is 5.92 Å². The smallest absolute Gasteiger partial charge is 0.0697 e. The van der Waals surface area contributed by atoms with Gasteiger partial charge in [0.1, 0.15) is 0 Å². The first kappa shape index (κ1) is 7.92. The van der Waals surface area contributed by atoms with E-state index in [0.717, 1.165) is 6.61 Å². The minimum absolute atomic E-state index is 0.132. The standard InChI is InChI=1S/C6H14O2/c1-6(2)5-8-4-3-7/h6-7H,3-5H2,1-2H3. The van der Waals surface area contributed by atoms with Crippen LogP contribution in [-0.2, 0) is 4.74 Å². The van der Waals surface area contributed by atoms with E-state index >= 15 is 0 Å². The van der Waals surface area contributed by atoms with Gasteiger partial charge in [0.25, 0.3) is 0 Å². The van der Waals surface area contributed by atoms with Crippen LogP contribution >= 0.6 is 0 Å². The van der Waals surface area contributed by atoms with Gasteiger partial charge in [-0.15, -0.1) is 0 Å². The summed E-state index contributed by atoms with van der Waals surface area (Å²) in [7, 11) is 0. The molecule has 0 heterocycles. The normalized spacial score (nSPS) is 10.5. The zero-order chi connectivity index (χ0) is 6.41. The molecule has 0 aliphatic heterocycles. The molecule has 8 heavy (non-hydrogen) atoms. The Kier molecular flexibility index (Phi) is 5.01. The molecular formula is C6H14O2. The molecule has 0 fully saturated rings. The molecule has 0 aromatic rings. The van der Waals surface area contributed by atoms with E-state index in [1.54, 1.807) is 0 Å². The first-order chi connectivity index (χ1) is 3.77. The van der Waals surface area contributed by atoms with Crippen LogP contribution in [0.25, 0.3) is 0 Å². The average molecular weight is 118 g/mol. The highest BCUT2D eigenvalue weighted by Crippen LogP contribution is 1.90. The molecule has 0 aromatic carbocycles. The maximum atomic E-state index is 8.25. The highest BCUT2D eigenvalue weighted by Gasteiger charge is 1.90. The molecule has 0 rings (SSSR count). The summed E-state index contributed by atoms with van der Waals surface area (Å²) in [5, 5.41) is 8.25. The lowest BCUT2D eigenvalue weighted by molar-refractivity contribution is 0.0752. The van der Waals surface area contributed by atoms with Crippen LogP contribution in [0.5, 0.6) is 0 Å². The van der Waals surface area contributed by atoms with Gasteiger partial charge in [-0.05, 0) is 5.92 Å². The minimum Gasteiger partial charge on any atom is -0.394 e. The van der Waals surface area contributed by atoms with Crippen molar-refractivity contribution in [2.45, 2.75) is 13.8 Å². The van der Waals surface area contributed by atoms with Gasteiger partial charge in [0.2, 0.25) is 0 Å². The molecule has 0 radical (unpaired) electrons. The van der Waals surface area contributed by atoms with Crippen molar-refractivity contribution < 1.29 is 9.84 Å². The molecule has 0 saturated heterocycles. The summed E-state index contributed by atoms with van der Waals surface area (Å²) in [6.45, 7) is 5.51. The van der Waals surface area contributed by atoms with E-state index in [1.165, 1.54) is 0 Å². The van der Waals surface area contributed by atoms with Crippen molar-refractivity contribution in [2.75, 3.05) is 19.8 Å². The molecule has 0 aromatic heterocycles. The van der Waals surface area contributed by atoms with Crippen LogP contribution in [0.4, 0.5) is 0 Å². The Morgan fingerprint density at radius 3 is 2.50 bits per heavy atom. The fourth-order valence-electron chi connectivity index (χ4n) is 0.384. The van der Waals surface area contributed by atoms with E-state index in [1.807, 2.05) is 0 Å². The minimum atomic E-state index is 0.132. The number of rotatable bonds is 4. The lowest BCUT2D eigenvalue weighted by atomic mass is 10.2. The molecule has 0 aliphatic carbocycles. The van der Waals surface area contributed by atoms with Crippen molar-refractivity contribution in [3.05, 3.63) is 0 Å². The largest absolute Gasteiger partial charge is 0.394 e. The van der Waals surface area contributed by atoms with Crippen LogP contribution in [0.15, 0.2) is 0 Å². The molecule has 0 saturated carbocycles.